The van der Waals surface area contributed by atoms with Gasteiger partial charge in [-0.3, -0.25) is 9.48 Å². The second-order valence-electron chi connectivity index (χ2n) is 4.11. The van der Waals surface area contributed by atoms with Gasteiger partial charge < -0.3 is 10.0 Å². The van der Waals surface area contributed by atoms with Crippen LogP contribution in [0.1, 0.15) is 22.5 Å². The van der Waals surface area contributed by atoms with Crippen LogP contribution in [0, 0.1) is 6.92 Å². The van der Waals surface area contributed by atoms with E-state index >= 15 is 0 Å². The van der Waals surface area contributed by atoms with E-state index in [0.29, 0.717) is 17.2 Å². The zero-order valence-electron chi connectivity index (χ0n) is 11.0. The molecule has 106 valence electrons. The van der Waals surface area contributed by atoms with Crippen molar-refractivity contribution >= 4 is 28.4 Å². The van der Waals surface area contributed by atoms with Gasteiger partial charge in [-0.05, 0) is 18.5 Å². The van der Waals surface area contributed by atoms with Gasteiger partial charge in [0.05, 0.1) is 12.2 Å². The summed E-state index contributed by atoms with van der Waals surface area (Å²) < 4.78 is 5.53. The van der Waals surface area contributed by atoms with Gasteiger partial charge in [-0.2, -0.15) is 9.47 Å². The Balaban J connectivity index is 2.09. The van der Waals surface area contributed by atoms with E-state index < -0.39 is 5.97 Å². The largest absolute Gasteiger partial charge is 0.478 e. The summed E-state index contributed by atoms with van der Waals surface area (Å²) in [6.45, 7) is 2.00. The number of nitrogens with zero attached hydrogens (tertiary/aromatic N) is 5. The van der Waals surface area contributed by atoms with Crippen LogP contribution >= 0.6 is 11.5 Å². The van der Waals surface area contributed by atoms with Gasteiger partial charge in [-0.25, -0.2) is 9.78 Å². The summed E-state index contributed by atoms with van der Waals surface area (Å²) in [7, 11) is 1.54. The molecule has 0 saturated heterocycles. The number of aryl methyl sites for hydroxylation is 2. The number of hydrogen-bond acceptors (Lipinski definition) is 6. The third-order valence-corrected chi connectivity index (χ3v) is 3.77. The average Bonchev–Trinajstić information content (AvgIpc) is 3.03. The van der Waals surface area contributed by atoms with E-state index in [9.17, 15) is 9.59 Å². The van der Waals surface area contributed by atoms with Gasteiger partial charge in [0.15, 0.2) is 0 Å². The highest BCUT2D eigenvalue weighted by Crippen LogP contribution is 2.28. The number of carboxylic acid groups (broad SMARTS) is 1. The third kappa shape index (κ3) is 2.82. The molecule has 2 heterocycles. The summed E-state index contributed by atoms with van der Waals surface area (Å²) in [5, 5.41) is 13.4. The second-order valence-corrected chi connectivity index (χ2v) is 4.87. The van der Waals surface area contributed by atoms with Crippen LogP contribution in [-0.4, -0.2) is 43.2 Å². The second kappa shape index (κ2) is 5.78. The number of rotatable bonds is 5. The van der Waals surface area contributed by atoms with Crippen LogP contribution in [0.15, 0.2) is 12.7 Å². The third-order valence-electron chi connectivity index (χ3n) is 2.76. The Bertz CT molecular complexity index is 622. The van der Waals surface area contributed by atoms with Gasteiger partial charge in [0.25, 0.3) is 0 Å². The van der Waals surface area contributed by atoms with Crippen molar-refractivity contribution in [3.8, 4) is 0 Å². The van der Waals surface area contributed by atoms with Crippen LogP contribution in [0.5, 0.6) is 0 Å². The lowest BCUT2D eigenvalue weighted by molar-refractivity contribution is -0.118. The van der Waals surface area contributed by atoms with E-state index in [-0.39, 0.29) is 17.9 Å². The minimum Gasteiger partial charge on any atom is -0.478 e. The molecule has 0 unspecified atom stereocenters. The Hall–Kier alpha value is -2.29. The quantitative estimate of drug-likeness (QED) is 0.875. The van der Waals surface area contributed by atoms with Crippen molar-refractivity contribution in [1.82, 2.24) is 19.1 Å². The summed E-state index contributed by atoms with van der Waals surface area (Å²) >= 11 is 1.00. The minimum atomic E-state index is -1.08. The van der Waals surface area contributed by atoms with Crippen molar-refractivity contribution in [1.29, 1.82) is 0 Å². The number of anilines is 1. The van der Waals surface area contributed by atoms with Gasteiger partial charge in [-0.15, -0.1) is 0 Å². The smallest absolute Gasteiger partial charge is 0.340 e. The molecule has 1 N–H and O–H groups in total. The molecule has 2 aromatic heterocycles. The predicted molar refractivity (Wildman–Crippen MR) is 71.9 cm³/mol. The Kier molecular flexibility index (Phi) is 4.08. The lowest BCUT2D eigenvalue weighted by atomic mass is 10.2. The lowest BCUT2D eigenvalue weighted by Crippen LogP contribution is -2.27. The molecule has 0 aliphatic rings. The molecule has 9 heteroatoms. The Morgan fingerprint density at radius 1 is 1.50 bits per heavy atom. The Morgan fingerprint density at radius 2 is 2.25 bits per heavy atom. The van der Waals surface area contributed by atoms with E-state index in [1.165, 1.54) is 17.6 Å². The number of carbonyl (C=O) groups is 2. The highest BCUT2D eigenvalue weighted by molar-refractivity contribution is 7.11. The number of carbonyl (C=O) groups excluding carboxylic acids is 1. The van der Waals surface area contributed by atoms with Crippen LogP contribution < -0.4 is 4.90 Å². The molecule has 0 aliphatic heterocycles. The van der Waals surface area contributed by atoms with E-state index in [0.717, 1.165) is 11.5 Å². The first-order valence-electron chi connectivity index (χ1n) is 5.79. The average molecular weight is 295 g/mol. The van der Waals surface area contributed by atoms with Gasteiger partial charge in [0.1, 0.15) is 23.2 Å². The van der Waals surface area contributed by atoms with Crippen LogP contribution in [0.2, 0.25) is 0 Å². The molecule has 0 spiro atoms. The van der Waals surface area contributed by atoms with E-state index in [4.69, 9.17) is 5.11 Å². The van der Waals surface area contributed by atoms with Crippen molar-refractivity contribution < 1.29 is 14.7 Å². The Morgan fingerprint density at radius 3 is 2.85 bits per heavy atom. The number of carboxylic acids is 1. The van der Waals surface area contributed by atoms with Crippen LogP contribution in [0.4, 0.5) is 5.00 Å². The first-order valence-corrected chi connectivity index (χ1v) is 6.56. The van der Waals surface area contributed by atoms with Gasteiger partial charge >= 0.3 is 5.97 Å². The van der Waals surface area contributed by atoms with Crippen molar-refractivity contribution in [3.63, 3.8) is 0 Å². The summed E-state index contributed by atoms with van der Waals surface area (Å²) in [4.78, 5) is 28.4. The zero-order chi connectivity index (χ0) is 14.7. The highest BCUT2D eigenvalue weighted by Gasteiger charge is 2.23. The molecule has 0 aromatic carbocycles. The minimum absolute atomic E-state index is 0.0756. The maximum atomic E-state index is 12.1. The fourth-order valence-electron chi connectivity index (χ4n) is 1.67. The van der Waals surface area contributed by atoms with E-state index in [1.807, 2.05) is 0 Å². The number of hydrogen-bond donors (Lipinski definition) is 1. The summed E-state index contributed by atoms with van der Waals surface area (Å²) in [5.41, 5.74) is 0.486. The van der Waals surface area contributed by atoms with Gasteiger partial charge in [0.2, 0.25) is 5.91 Å². The monoisotopic (exact) mass is 295 g/mol. The van der Waals surface area contributed by atoms with Crippen LogP contribution in [-0.2, 0) is 11.3 Å². The SMILES string of the molecule is Cc1nsc(N(C)C(=O)CCn2cncn2)c1C(=O)O. The molecule has 8 nitrogen and oxygen atoms in total. The van der Waals surface area contributed by atoms with E-state index in [1.54, 1.807) is 18.7 Å². The maximum Gasteiger partial charge on any atom is 0.340 e. The first kappa shape index (κ1) is 14.1. The van der Waals surface area contributed by atoms with Crippen molar-refractivity contribution in [2.24, 2.45) is 0 Å². The molecule has 2 rings (SSSR count). The van der Waals surface area contributed by atoms with Gasteiger partial charge in [-0.1, -0.05) is 0 Å². The molecular weight excluding hydrogens is 282 g/mol. The fraction of sp³-hybridized carbons (Fsp3) is 0.364. The number of amides is 1. The molecule has 0 aliphatic carbocycles. The first-order chi connectivity index (χ1) is 9.50. The Labute approximate surface area is 118 Å². The summed E-state index contributed by atoms with van der Waals surface area (Å²) in [6, 6.07) is 0. The highest BCUT2D eigenvalue weighted by atomic mass is 32.1. The molecule has 0 saturated carbocycles. The molecule has 0 fully saturated rings. The molecule has 0 atom stereocenters. The topological polar surface area (TPSA) is 101 Å². The summed E-state index contributed by atoms with van der Waals surface area (Å²) in [5.74, 6) is -1.28. The maximum absolute atomic E-state index is 12.1. The van der Waals surface area contributed by atoms with Crippen molar-refractivity contribution in [3.05, 3.63) is 23.9 Å². The molecular formula is C11H13N5O3S. The van der Waals surface area contributed by atoms with Crippen LogP contribution in [0.3, 0.4) is 0 Å². The lowest BCUT2D eigenvalue weighted by Gasteiger charge is -2.15. The molecule has 20 heavy (non-hydrogen) atoms. The van der Waals surface area contributed by atoms with Gasteiger partial charge in [0, 0.05) is 13.5 Å². The van der Waals surface area contributed by atoms with E-state index in [2.05, 4.69) is 14.5 Å². The molecule has 2 aromatic rings. The molecule has 0 radical (unpaired) electrons. The van der Waals surface area contributed by atoms with Crippen molar-refractivity contribution in [2.45, 2.75) is 19.9 Å². The normalized spacial score (nSPS) is 10.5. The molecule has 0 bridgehead atoms. The standard InChI is InChI=1S/C11H13N5O3S/c1-7-9(11(18)19)10(20-14-7)15(2)8(17)3-4-16-6-12-5-13-16/h5-6H,3-4H2,1-2H3,(H,18,19). The fourth-order valence-corrected chi connectivity index (χ4v) is 2.54. The zero-order valence-corrected chi connectivity index (χ0v) is 11.8. The summed E-state index contributed by atoms with van der Waals surface area (Å²) in [6.07, 6.45) is 3.12. The number of aromatic nitrogens is 4. The predicted octanol–water partition coefficient (Wildman–Crippen LogP) is 0.794. The molecule has 1 amide bonds. The van der Waals surface area contributed by atoms with Crippen LogP contribution in [0.25, 0.3) is 0 Å². The number of aromatic carboxylic acids is 1. The van der Waals surface area contributed by atoms with Crippen molar-refractivity contribution in [2.75, 3.05) is 11.9 Å².